The summed E-state index contributed by atoms with van der Waals surface area (Å²) in [6.07, 6.45) is 3.70. The van der Waals surface area contributed by atoms with E-state index in [0.717, 1.165) is 22.4 Å². The number of fused-ring (bicyclic) bond motifs is 7. The summed E-state index contributed by atoms with van der Waals surface area (Å²) in [7, 11) is 0. The van der Waals surface area contributed by atoms with Crippen LogP contribution in [-0.4, -0.2) is 9.97 Å². The Labute approximate surface area is 324 Å². The highest BCUT2D eigenvalue weighted by molar-refractivity contribution is 7.26. The van der Waals surface area contributed by atoms with E-state index in [1.807, 2.05) is 54.9 Å². The van der Waals surface area contributed by atoms with Crippen LogP contribution in [0.4, 0.5) is 0 Å². The van der Waals surface area contributed by atoms with Crippen LogP contribution in [0.25, 0.3) is 53.0 Å². The maximum atomic E-state index is 5.92. The van der Waals surface area contributed by atoms with Crippen molar-refractivity contribution in [3.05, 3.63) is 164 Å². The molecule has 0 amide bonds. The lowest BCUT2D eigenvalue weighted by atomic mass is 10.0. The standard InChI is InChI=1S/C15H14O.C15H14S.C12H13N.C8H11N/c2*1-9-8-13-12-6-4-5-7-14(12)16-15(13)11(3)10(9)2;1-8-7-11-5-4-6-13-12(11)10(3)9(8)2;1-6-4-5-9-8(3)7(6)2/h2*4-8H,1-3H3;4-7H,1-3H3;4-5H,1-3H3. The normalized spacial score (nSPS) is 11.0. The molecular weight excluding hydrogens is 677 g/mol. The lowest BCUT2D eigenvalue weighted by Gasteiger charge is -2.07. The van der Waals surface area contributed by atoms with Crippen LogP contribution in [0.1, 0.15) is 66.9 Å². The molecule has 0 aliphatic heterocycles. The first kappa shape index (κ1) is 38.4. The first-order valence-electron chi connectivity index (χ1n) is 18.7. The van der Waals surface area contributed by atoms with Gasteiger partial charge in [-0.25, -0.2) is 0 Å². The molecule has 0 aliphatic rings. The zero-order chi connectivity index (χ0) is 38.8. The molecule has 0 saturated heterocycles. The van der Waals surface area contributed by atoms with Gasteiger partial charge >= 0.3 is 0 Å². The van der Waals surface area contributed by atoms with Crippen molar-refractivity contribution < 1.29 is 4.42 Å². The largest absolute Gasteiger partial charge is 0.456 e. The Balaban J connectivity index is 0.000000125. The fraction of sp³-hybridized carbons (Fsp3) is 0.240. The van der Waals surface area contributed by atoms with Crippen LogP contribution in [0.3, 0.4) is 0 Å². The molecule has 0 saturated carbocycles. The number of para-hydroxylation sites is 1. The van der Waals surface area contributed by atoms with Gasteiger partial charge in [0.1, 0.15) is 11.2 Å². The first-order valence-corrected chi connectivity index (χ1v) is 19.6. The van der Waals surface area contributed by atoms with Crippen LogP contribution in [-0.2, 0) is 0 Å². The lowest BCUT2D eigenvalue weighted by Crippen LogP contribution is -1.90. The molecular formula is C50H52N2OS. The second-order valence-electron chi connectivity index (χ2n) is 14.7. The Bertz CT molecular complexity index is 2660. The summed E-state index contributed by atoms with van der Waals surface area (Å²) < 4.78 is 8.76. The third-order valence-corrected chi connectivity index (χ3v) is 12.7. The van der Waals surface area contributed by atoms with Gasteiger partial charge in [0.2, 0.25) is 0 Å². The molecule has 274 valence electrons. The molecule has 4 heteroatoms. The SMILES string of the molecule is Cc1cc2c(oc3ccccc32)c(C)c1C.Cc1cc2c(sc3ccccc32)c(C)c1C.Cc1cc2cccnc2c(C)c1C.Cc1ccnc(C)c1C. The highest BCUT2D eigenvalue weighted by Crippen LogP contribution is 2.38. The van der Waals surface area contributed by atoms with E-state index in [-0.39, 0.29) is 0 Å². The quantitative estimate of drug-likeness (QED) is 0.156. The Morgan fingerprint density at radius 3 is 1.76 bits per heavy atom. The van der Waals surface area contributed by atoms with E-state index in [2.05, 4.69) is 147 Å². The summed E-state index contributed by atoms with van der Waals surface area (Å²) in [5, 5.41) is 6.50. The van der Waals surface area contributed by atoms with Gasteiger partial charge in [0.25, 0.3) is 0 Å². The topological polar surface area (TPSA) is 38.9 Å². The molecule has 0 fully saturated rings. The van der Waals surface area contributed by atoms with Gasteiger partial charge < -0.3 is 4.42 Å². The molecule has 0 unspecified atom stereocenters. The molecule has 9 aromatic rings. The number of furan rings is 1. The molecule has 0 spiro atoms. The monoisotopic (exact) mass is 728 g/mol. The first-order chi connectivity index (χ1) is 25.8. The summed E-state index contributed by atoms with van der Waals surface area (Å²) in [5.74, 6) is 0. The van der Waals surface area contributed by atoms with E-state index in [1.54, 1.807) is 0 Å². The number of pyridine rings is 2. The summed E-state index contributed by atoms with van der Waals surface area (Å²) in [6, 6.07) is 29.8. The summed E-state index contributed by atoms with van der Waals surface area (Å²) in [4.78, 5) is 8.52. The summed E-state index contributed by atoms with van der Waals surface area (Å²) in [5.41, 5.74) is 19.1. The van der Waals surface area contributed by atoms with Gasteiger partial charge in [-0.3, -0.25) is 9.97 Å². The summed E-state index contributed by atoms with van der Waals surface area (Å²) >= 11 is 1.91. The average Bonchev–Trinajstić information content (AvgIpc) is 3.74. The lowest BCUT2D eigenvalue weighted by molar-refractivity contribution is 0.665. The van der Waals surface area contributed by atoms with Crippen molar-refractivity contribution in [2.45, 2.75) is 83.1 Å². The number of rotatable bonds is 0. The number of aromatic nitrogens is 2. The highest BCUT2D eigenvalue weighted by Gasteiger charge is 2.12. The maximum absolute atomic E-state index is 5.92. The minimum Gasteiger partial charge on any atom is -0.456 e. The summed E-state index contributed by atoms with van der Waals surface area (Å²) in [6.45, 7) is 25.8. The highest BCUT2D eigenvalue weighted by atomic mass is 32.1. The molecule has 0 radical (unpaired) electrons. The Morgan fingerprint density at radius 1 is 0.444 bits per heavy atom. The van der Waals surface area contributed by atoms with Gasteiger partial charge in [0.05, 0.1) is 5.52 Å². The van der Waals surface area contributed by atoms with E-state index in [9.17, 15) is 0 Å². The van der Waals surface area contributed by atoms with Crippen LogP contribution in [0.2, 0.25) is 0 Å². The van der Waals surface area contributed by atoms with E-state index < -0.39 is 0 Å². The molecule has 0 bridgehead atoms. The fourth-order valence-corrected chi connectivity index (χ4v) is 8.23. The van der Waals surface area contributed by atoms with Crippen molar-refractivity contribution in [2.75, 3.05) is 0 Å². The molecule has 0 N–H and O–H groups in total. The van der Waals surface area contributed by atoms with Crippen molar-refractivity contribution in [3.8, 4) is 0 Å². The predicted octanol–water partition coefficient (Wildman–Crippen LogP) is 14.7. The number of aryl methyl sites for hydroxylation is 8. The van der Waals surface area contributed by atoms with E-state index in [1.165, 1.54) is 97.5 Å². The van der Waals surface area contributed by atoms with Crippen molar-refractivity contribution in [1.29, 1.82) is 0 Å². The minimum atomic E-state index is 0.977. The molecule has 3 nitrogen and oxygen atoms in total. The molecule has 54 heavy (non-hydrogen) atoms. The van der Waals surface area contributed by atoms with Crippen LogP contribution >= 0.6 is 11.3 Å². The fourth-order valence-electron chi connectivity index (χ4n) is 6.99. The Hall–Kier alpha value is -5.32. The molecule has 4 aromatic heterocycles. The van der Waals surface area contributed by atoms with E-state index in [4.69, 9.17) is 4.42 Å². The average molecular weight is 729 g/mol. The smallest absolute Gasteiger partial charge is 0.138 e. The van der Waals surface area contributed by atoms with E-state index >= 15 is 0 Å². The van der Waals surface area contributed by atoms with Gasteiger partial charge in [0.15, 0.2) is 0 Å². The number of benzene rings is 5. The maximum Gasteiger partial charge on any atom is 0.138 e. The van der Waals surface area contributed by atoms with Crippen LogP contribution in [0.5, 0.6) is 0 Å². The van der Waals surface area contributed by atoms with Crippen LogP contribution in [0.15, 0.2) is 102 Å². The molecule has 0 aliphatic carbocycles. The molecule has 5 aromatic carbocycles. The molecule has 0 atom stereocenters. The van der Waals surface area contributed by atoms with E-state index in [0.29, 0.717) is 0 Å². The van der Waals surface area contributed by atoms with Gasteiger partial charge in [-0.05, 0) is 187 Å². The van der Waals surface area contributed by atoms with Crippen LogP contribution in [0, 0.1) is 83.1 Å². The predicted molar refractivity (Wildman–Crippen MR) is 236 cm³/mol. The zero-order valence-electron chi connectivity index (χ0n) is 33.9. The number of nitrogens with zero attached hydrogens (tertiary/aromatic N) is 2. The van der Waals surface area contributed by atoms with Crippen molar-refractivity contribution >= 4 is 64.4 Å². The Morgan fingerprint density at radius 2 is 1.06 bits per heavy atom. The number of hydrogen-bond donors (Lipinski definition) is 0. The second kappa shape index (κ2) is 16.0. The Kier molecular flexibility index (Phi) is 11.4. The third kappa shape index (κ3) is 7.54. The number of hydrogen-bond acceptors (Lipinski definition) is 4. The minimum absolute atomic E-state index is 0.977. The second-order valence-corrected chi connectivity index (χ2v) is 15.7. The third-order valence-electron chi connectivity index (χ3n) is 11.4. The van der Waals surface area contributed by atoms with Crippen molar-refractivity contribution in [2.24, 2.45) is 0 Å². The van der Waals surface area contributed by atoms with Crippen molar-refractivity contribution in [3.63, 3.8) is 0 Å². The number of thiophene rings is 1. The van der Waals surface area contributed by atoms with Gasteiger partial charge in [0, 0.05) is 54.4 Å². The van der Waals surface area contributed by atoms with Gasteiger partial charge in [-0.15, -0.1) is 11.3 Å². The molecule has 9 rings (SSSR count). The van der Waals surface area contributed by atoms with Crippen LogP contribution < -0.4 is 0 Å². The molecule has 4 heterocycles. The zero-order valence-corrected chi connectivity index (χ0v) is 34.8. The van der Waals surface area contributed by atoms with Gasteiger partial charge in [-0.2, -0.15) is 0 Å². The van der Waals surface area contributed by atoms with Gasteiger partial charge in [-0.1, -0.05) is 42.5 Å². The van der Waals surface area contributed by atoms with Crippen molar-refractivity contribution in [1.82, 2.24) is 9.97 Å².